The van der Waals surface area contributed by atoms with Crippen LogP contribution in [-0.2, 0) is 0 Å². The topological polar surface area (TPSA) is 69.4 Å². The minimum Gasteiger partial charge on any atom is -0.457 e. The molecule has 0 bridgehead atoms. The Morgan fingerprint density at radius 2 is 1.84 bits per heavy atom. The standard InChI is InChI=1S/C15H13NO3/c1-10-8-11(9-17)2-7-14(10)19-13-5-3-12(4-6-13)15(16)18/h2-9H,1H3,(H2,16,18). The van der Waals surface area contributed by atoms with Gasteiger partial charge in [-0.2, -0.15) is 0 Å². The van der Waals surface area contributed by atoms with E-state index in [1.54, 1.807) is 42.5 Å². The molecule has 0 unspecified atom stereocenters. The summed E-state index contributed by atoms with van der Waals surface area (Å²) in [7, 11) is 0. The van der Waals surface area contributed by atoms with E-state index in [1.165, 1.54) is 0 Å². The molecule has 0 heterocycles. The summed E-state index contributed by atoms with van der Waals surface area (Å²) in [6, 6.07) is 11.7. The van der Waals surface area contributed by atoms with Crippen LogP contribution in [-0.4, -0.2) is 12.2 Å². The highest BCUT2D eigenvalue weighted by Crippen LogP contribution is 2.25. The highest BCUT2D eigenvalue weighted by molar-refractivity contribution is 5.92. The normalized spacial score (nSPS) is 9.95. The van der Waals surface area contributed by atoms with Crippen LogP contribution in [0.3, 0.4) is 0 Å². The molecule has 0 aliphatic carbocycles. The minimum absolute atomic E-state index is 0.431. The molecule has 0 atom stereocenters. The molecule has 0 saturated carbocycles. The first-order valence-corrected chi connectivity index (χ1v) is 5.73. The average molecular weight is 255 g/mol. The third kappa shape index (κ3) is 2.98. The molecule has 0 aliphatic heterocycles. The third-order valence-corrected chi connectivity index (χ3v) is 2.70. The zero-order valence-corrected chi connectivity index (χ0v) is 10.4. The molecule has 0 fully saturated rings. The zero-order valence-electron chi connectivity index (χ0n) is 10.4. The number of carbonyl (C=O) groups is 2. The number of hydrogen-bond acceptors (Lipinski definition) is 3. The summed E-state index contributed by atoms with van der Waals surface area (Å²) in [5, 5.41) is 0. The van der Waals surface area contributed by atoms with Crippen molar-refractivity contribution in [2.45, 2.75) is 6.92 Å². The SMILES string of the molecule is Cc1cc(C=O)ccc1Oc1ccc(C(N)=O)cc1. The Labute approximate surface area is 110 Å². The second kappa shape index (κ2) is 5.35. The van der Waals surface area contributed by atoms with Crippen LogP contribution in [0.4, 0.5) is 0 Å². The van der Waals surface area contributed by atoms with Gasteiger partial charge in [-0.25, -0.2) is 0 Å². The number of aldehydes is 1. The molecule has 96 valence electrons. The molecule has 2 aromatic carbocycles. The largest absolute Gasteiger partial charge is 0.457 e. The van der Waals surface area contributed by atoms with Crippen LogP contribution in [0.5, 0.6) is 11.5 Å². The van der Waals surface area contributed by atoms with Gasteiger partial charge in [0.25, 0.3) is 0 Å². The van der Waals surface area contributed by atoms with E-state index >= 15 is 0 Å². The fraction of sp³-hybridized carbons (Fsp3) is 0.0667. The Morgan fingerprint density at radius 3 is 2.37 bits per heavy atom. The van der Waals surface area contributed by atoms with E-state index in [4.69, 9.17) is 10.5 Å². The van der Waals surface area contributed by atoms with Gasteiger partial charge in [0.1, 0.15) is 17.8 Å². The van der Waals surface area contributed by atoms with E-state index in [9.17, 15) is 9.59 Å². The van der Waals surface area contributed by atoms with Gasteiger partial charge in [0.05, 0.1) is 0 Å². The molecule has 19 heavy (non-hydrogen) atoms. The quantitative estimate of drug-likeness (QED) is 0.854. The van der Waals surface area contributed by atoms with Crippen molar-refractivity contribution >= 4 is 12.2 Å². The first-order chi connectivity index (χ1) is 9.10. The lowest BCUT2D eigenvalue weighted by molar-refractivity contribution is 0.1000. The van der Waals surface area contributed by atoms with Crippen LogP contribution in [0, 0.1) is 6.92 Å². The van der Waals surface area contributed by atoms with Crippen molar-refractivity contribution in [3.05, 3.63) is 59.2 Å². The molecule has 2 rings (SSSR count). The maximum atomic E-state index is 10.9. The van der Waals surface area contributed by atoms with Gasteiger partial charge in [-0.1, -0.05) is 0 Å². The maximum Gasteiger partial charge on any atom is 0.248 e. The van der Waals surface area contributed by atoms with Crippen LogP contribution in [0.1, 0.15) is 26.3 Å². The second-order valence-electron chi connectivity index (χ2n) is 4.13. The number of aryl methyl sites for hydroxylation is 1. The van der Waals surface area contributed by atoms with E-state index in [2.05, 4.69) is 0 Å². The third-order valence-electron chi connectivity index (χ3n) is 2.70. The van der Waals surface area contributed by atoms with Gasteiger partial charge >= 0.3 is 0 Å². The summed E-state index contributed by atoms with van der Waals surface area (Å²) < 4.78 is 5.68. The summed E-state index contributed by atoms with van der Waals surface area (Å²) in [5.41, 5.74) is 7.06. The lowest BCUT2D eigenvalue weighted by Gasteiger charge is -2.09. The molecule has 2 aromatic rings. The highest BCUT2D eigenvalue weighted by atomic mass is 16.5. The predicted octanol–water partition coefficient (Wildman–Crippen LogP) is 2.70. The van der Waals surface area contributed by atoms with E-state index in [1.807, 2.05) is 6.92 Å². The Morgan fingerprint density at radius 1 is 1.16 bits per heavy atom. The van der Waals surface area contributed by atoms with Crippen molar-refractivity contribution < 1.29 is 14.3 Å². The second-order valence-corrected chi connectivity index (χ2v) is 4.13. The molecular formula is C15H13NO3. The number of carbonyl (C=O) groups excluding carboxylic acids is 2. The molecule has 0 saturated heterocycles. The predicted molar refractivity (Wildman–Crippen MR) is 71.6 cm³/mol. The molecule has 2 N–H and O–H groups in total. The summed E-state index contributed by atoms with van der Waals surface area (Å²) in [6.07, 6.45) is 0.790. The zero-order chi connectivity index (χ0) is 13.8. The van der Waals surface area contributed by atoms with Crippen molar-refractivity contribution in [3.63, 3.8) is 0 Å². The highest BCUT2D eigenvalue weighted by Gasteiger charge is 2.04. The van der Waals surface area contributed by atoms with Crippen molar-refractivity contribution in [1.29, 1.82) is 0 Å². The maximum absolute atomic E-state index is 10.9. The summed E-state index contributed by atoms with van der Waals surface area (Å²) in [4.78, 5) is 21.6. The van der Waals surface area contributed by atoms with Crippen LogP contribution in [0.2, 0.25) is 0 Å². The van der Waals surface area contributed by atoms with Gasteiger partial charge in [0.15, 0.2) is 0 Å². The summed E-state index contributed by atoms with van der Waals surface area (Å²) >= 11 is 0. The average Bonchev–Trinajstić information content (AvgIpc) is 2.41. The Bertz CT molecular complexity index is 618. The smallest absolute Gasteiger partial charge is 0.248 e. The van der Waals surface area contributed by atoms with E-state index in [0.29, 0.717) is 22.6 Å². The minimum atomic E-state index is -0.474. The van der Waals surface area contributed by atoms with E-state index in [0.717, 1.165) is 11.8 Å². The summed E-state index contributed by atoms with van der Waals surface area (Å²) in [5.74, 6) is 0.794. The van der Waals surface area contributed by atoms with E-state index < -0.39 is 5.91 Å². The molecule has 0 radical (unpaired) electrons. The van der Waals surface area contributed by atoms with Crippen LogP contribution in [0.25, 0.3) is 0 Å². The Balaban J connectivity index is 2.21. The molecule has 0 aromatic heterocycles. The van der Waals surface area contributed by atoms with Gasteiger partial charge < -0.3 is 10.5 Å². The van der Waals surface area contributed by atoms with Gasteiger partial charge in [-0.05, 0) is 55.0 Å². The number of rotatable bonds is 4. The number of primary amides is 1. The molecular weight excluding hydrogens is 242 g/mol. The van der Waals surface area contributed by atoms with Gasteiger partial charge in [0, 0.05) is 11.1 Å². The summed E-state index contributed by atoms with van der Waals surface area (Å²) in [6.45, 7) is 1.86. The first kappa shape index (κ1) is 12.8. The molecule has 0 spiro atoms. The Hall–Kier alpha value is -2.62. The molecule has 0 aliphatic rings. The lowest BCUT2D eigenvalue weighted by atomic mass is 10.1. The fourth-order valence-electron chi connectivity index (χ4n) is 1.67. The van der Waals surface area contributed by atoms with Crippen molar-refractivity contribution in [1.82, 2.24) is 0 Å². The van der Waals surface area contributed by atoms with Gasteiger partial charge in [-0.15, -0.1) is 0 Å². The van der Waals surface area contributed by atoms with Crippen LogP contribution < -0.4 is 10.5 Å². The lowest BCUT2D eigenvalue weighted by Crippen LogP contribution is -2.10. The number of ether oxygens (including phenoxy) is 1. The Kier molecular flexibility index (Phi) is 3.61. The number of amides is 1. The van der Waals surface area contributed by atoms with Gasteiger partial charge in [-0.3, -0.25) is 9.59 Å². The van der Waals surface area contributed by atoms with E-state index in [-0.39, 0.29) is 0 Å². The van der Waals surface area contributed by atoms with Crippen molar-refractivity contribution in [3.8, 4) is 11.5 Å². The number of nitrogens with two attached hydrogens (primary N) is 1. The number of benzene rings is 2. The monoisotopic (exact) mass is 255 g/mol. The van der Waals surface area contributed by atoms with Crippen molar-refractivity contribution in [2.75, 3.05) is 0 Å². The molecule has 1 amide bonds. The van der Waals surface area contributed by atoms with Crippen LogP contribution in [0.15, 0.2) is 42.5 Å². The molecule has 4 nitrogen and oxygen atoms in total. The fourth-order valence-corrected chi connectivity index (χ4v) is 1.67. The van der Waals surface area contributed by atoms with Crippen LogP contribution >= 0.6 is 0 Å². The van der Waals surface area contributed by atoms with Gasteiger partial charge in [0.2, 0.25) is 5.91 Å². The number of hydrogen-bond donors (Lipinski definition) is 1. The first-order valence-electron chi connectivity index (χ1n) is 5.73. The molecule has 4 heteroatoms. The van der Waals surface area contributed by atoms with Crippen molar-refractivity contribution in [2.24, 2.45) is 5.73 Å².